The summed E-state index contributed by atoms with van der Waals surface area (Å²) in [5.41, 5.74) is 0.0256. The number of hydrogen-bond donors (Lipinski definition) is 1. The number of pyridine rings is 1. The van der Waals surface area contributed by atoms with Crippen molar-refractivity contribution in [1.82, 2.24) is 4.98 Å². The summed E-state index contributed by atoms with van der Waals surface area (Å²) in [6.45, 7) is -0.127. The van der Waals surface area contributed by atoms with Crippen molar-refractivity contribution in [2.45, 2.75) is 6.61 Å². The number of halogens is 2. The van der Waals surface area contributed by atoms with E-state index in [4.69, 9.17) is 21.4 Å². The molecule has 4 nitrogen and oxygen atoms in total. The highest BCUT2D eigenvalue weighted by atomic mass is 35.5. The van der Waals surface area contributed by atoms with Crippen molar-refractivity contribution >= 4 is 17.6 Å². The maximum atomic E-state index is 13.5. The molecule has 0 aliphatic carbocycles. The zero-order chi connectivity index (χ0) is 13.8. The molecule has 0 aliphatic rings. The summed E-state index contributed by atoms with van der Waals surface area (Å²) in [7, 11) is 0. The number of aromatic nitrogens is 1. The smallest absolute Gasteiger partial charge is 0.358 e. The SMILES string of the molecule is O=C(O)c1ncccc1OCc1cc(Cl)ccc1F. The average Bonchev–Trinajstić information content (AvgIpc) is 2.40. The van der Waals surface area contributed by atoms with Gasteiger partial charge in [-0.05, 0) is 30.3 Å². The van der Waals surface area contributed by atoms with Crippen LogP contribution in [0.25, 0.3) is 0 Å². The largest absolute Gasteiger partial charge is 0.486 e. The van der Waals surface area contributed by atoms with E-state index in [1.54, 1.807) is 0 Å². The molecule has 2 aromatic rings. The topological polar surface area (TPSA) is 59.4 Å². The van der Waals surface area contributed by atoms with E-state index in [1.807, 2.05) is 0 Å². The van der Waals surface area contributed by atoms with Crippen molar-refractivity contribution in [3.63, 3.8) is 0 Å². The maximum absolute atomic E-state index is 13.5. The van der Waals surface area contributed by atoms with Crippen LogP contribution in [0.5, 0.6) is 5.75 Å². The fraction of sp³-hybridized carbons (Fsp3) is 0.0769. The molecule has 0 aliphatic heterocycles. The van der Waals surface area contributed by atoms with E-state index in [1.165, 1.54) is 36.5 Å². The summed E-state index contributed by atoms with van der Waals surface area (Å²) in [6.07, 6.45) is 1.34. The fourth-order valence-electron chi connectivity index (χ4n) is 1.48. The Kier molecular flexibility index (Phi) is 3.97. The molecule has 1 aromatic heterocycles. The van der Waals surface area contributed by atoms with Gasteiger partial charge in [-0.3, -0.25) is 0 Å². The third-order valence-electron chi connectivity index (χ3n) is 2.36. The molecule has 0 bridgehead atoms. The monoisotopic (exact) mass is 281 g/mol. The van der Waals surface area contributed by atoms with E-state index in [0.29, 0.717) is 5.02 Å². The standard InChI is InChI=1S/C13H9ClFNO3/c14-9-3-4-10(15)8(6-9)7-19-11-2-1-5-16-12(11)13(17)18/h1-6H,7H2,(H,17,18). The maximum Gasteiger partial charge on any atom is 0.358 e. The molecular formula is C13H9ClFNO3. The molecule has 0 spiro atoms. The van der Waals surface area contributed by atoms with Gasteiger partial charge >= 0.3 is 5.97 Å². The van der Waals surface area contributed by atoms with Gasteiger partial charge in [0.2, 0.25) is 0 Å². The van der Waals surface area contributed by atoms with E-state index in [9.17, 15) is 9.18 Å². The van der Waals surface area contributed by atoms with Crippen LogP contribution in [0.2, 0.25) is 5.02 Å². The Morgan fingerprint density at radius 3 is 2.95 bits per heavy atom. The lowest BCUT2D eigenvalue weighted by Gasteiger charge is -2.09. The summed E-state index contributed by atoms with van der Waals surface area (Å²) in [5.74, 6) is -1.60. The van der Waals surface area contributed by atoms with Crippen LogP contribution < -0.4 is 4.74 Å². The van der Waals surface area contributed by atoms with E-state index < -0.39 is 11.8 Å². The molecule has 1 N–H and O–H groups in total. The van der Waals surface area contributed by atoms with Gasteiger partial charge in [-0.2, -0.15) is 0 Å². The second-order valence-electron chi connectivity index (χ2n) is 3.68. The van der Waals surface area contributed by atoms with Crippen LogP contribution in [0.3, 0.4) is 0 Å². The van der Waals surface area contributed by atoms with Gasteiger partial charge in [-0.15, -0.1) is 0 Å². The Bertz CT molecular complexity index is 619. The molecule has 0 atom stereocenters. The number of rotatable bonds is 4. The first-order chi connectivity index (χ1) is 9.08. The molecule has 19 heavy (non-hydrogen) atoms. The third kappa shape index (κ3) is 3.20. The lowest BCUT2D eigenvalue weighted by Crippen LogP contribution is -2.06. The van der Waals surface area contributed by atoms with Crippen molar-refractivity contribution < 1.29 is 19.0 Å². The first kappa shape index (κ1) is 13.3. The fourth-order valence-corrected chi connectivity index (χ4v) is 1.67. The molecule has 0 fully saturated rings. The van der Waals surface area contributed by atoms with Crippen LogP contribution in [-0.2, 0) is 6.61 Å². The zero-order valence-corrected chi connectivity index (χ0v) is 10.4. The molecule has 0 saturated heterocycles. The molecule has 2 rings (SSSR count). The van der Waals surface area contributed by atoms with E-state index >= 15 is 0 Å². The van der Waals surface area contributed by atoms with Gasteiger partial charge in [0.1, 0.15) is 12.4 Å². The van der Waals surface area contributed by atoms with Crippen molar-refractivity contribution in [3.8, 4) is 5.75 Å². The summed E-state index contributed by atoms with van der Waals surface area (Å²) in [6, 6.07) is 7.07. The van der Waals surface area contributed by atoms with Crippen molar-refractivity contribution in [2.24, 2.45) is 0 Å². The van der Waals surface area contributed by atoms with E-state index in [2.05, 4.69) is 4.98 Å². The Morgan fingerprint density at radius 2 is 2.21 bits per heavy atom. The first-order valence-corrected chi connectivity index (χ1v) is 5.71. The van der Waals surface area contributed by atoms with Crippen LogP contribution in [0.4, 0.5) is 4.39 Å². The highest BCUT2D eigenvalue weighted by Gasteiger charge is 2.13. The molecule has 0 unspecified atom stereocenters. The Labute approximate surface area is 113 Å². The van der Waals surface area contributed by atoms with Gasteiger partial charge in [-0.1, -0.05) is 11.6 Å². The van der Waals surface area contributed by atoms with Crippen molar-refractivity contribution in [1.29, 1.82) is 0 Å². The summed E-state index contributed by atoms with van der Waals surface area (Å²) < 4.78 is 18.7. The number of carboxylic acid groups (broad SMARTS) is 1. The second kappa shape index (κ2) is 5.67. The summed E-state index contributed by atoms with van der Waals surface area (Å²) in [4.78, 5) is 14.6. The minimum absolute atomic E-state index is 0.0781. The summed E-state index contributed by atoms with van der Waals surface area (Å²) >= 11 is 5.75. The number of hydrogen-bond acceptors (Lipinski definition) is 3. The molecule has 0 saturated carbocycles. The normalized spacial score (nSPS) is 10.2. The van der Waals surface area contributed by atoms with Crippen LogP contribution in [-0.4, -0.2) is 16.1 Å². The van der Waals surface area contributed by atoms with Gasteiger partial charge in [0.25, 0.3) is 0 Å². The second-order valence-corrected chi connectivity index (χ2v) is 4.12. The molecule has 1 heterocycles. The van der Waals surface area contributed by atoms with Gasteiger partial charge < -0.3 is 9.84 Å². The Morgan fingerprint density at radius 1 is 1.42 bits per heavy atom. The highest BCUT2D eigenvalue weighted by Crippen LogP contribution is 2.20. The lowest BCUT2D eigenvalue weighted by atomic mass is 10.2. The first-order valence-electron chi connectivity index (χ1n) is 5.33. The number of aromatic carboxylic acids is 1. The highest BCUT2D eigenvalue weighted by molar-refractivity contribution is 6.30. The predicted octanol–water partition coefficient (Wildman–Crippen LogP) is 3.15. The minimum Gasteiger partial charge on any atom is -0.486 e. The van der Waals surface area contributed by atoms with Crippen molar-refractivity contribution in [3.05, 3.63) is 58.6 Å². The number of ether oxygens (including phenoxy) is 1. The molecular weight excluding hydrogens is 273 g/mol. The van der Waals surface area contributed by atoms with Crippen LogP contribution in [0, 0.1) is 5.82 Å². The number of carbonyl (C=O) groups is 1. The average molecular weight is 282 g/mol. The van der Waals surface area contributed by atoms with Gasteiger partial charge in [0.15, 0.2) is 11.4 Å². The lowest BCUT2D eigenvalue weighted by molar-refractivity contribution is 0.0685. The molecule has 1 aromatic carbocycles. The number of carboxylic acids is 1. The summed E-state index contributed by atoms with van der Waals surface area (Å²) in [5, 5.41) is 9.30. The number of nitrogens with zero attached hydrogens (tertiary/aromatic N) is 1. The number of benzene rings is 1. The van der Waals surface area contributed by atoms with Crippen LogP contribution in [0.15, 0.2) is 36.5 Å². The van der Waals surface area contributed by atoms with Gasteiger partial charge in [0, 0.05) is 16.8 Å². The van der Waals surface area contributed by atoms with E-state index in [0.717, 1.165) is 0 Å². The quantitative estimate of drug-likeness (QED) is 0.935. The Hall–Kier alpha value is -2.14. The molecule has 0 amide bonds. The molecule has 0 radical (unpaired) electrons. The minimum atomic E-state index is -1.21. The Balaban J connectivity index is 2.19. The third-order valence-corrected chi connectivity index (χ3v) is 2.60. The van der Waals surface area contributed by atoms with Crippen LogP contribution >= 0.6 is 11.6 Å². The van der Waals surface area contributed by atoms with Crippen LogP contribution in [0.1, 0.15) is 16.1 Å². The van der Waals surface area contributed by atoms with Crippen molar-refractivity contribution in [2.75, 3.05) is 0 Å². The zero-order valence-electron chi connectivity index (χ0n) is 9.64. The predicted molar refractivity (Wildman–Crippen MR) is 66.9 cm³/mol. The van der Waals surface area contributed by atoms with E-state index in [-0.39, 0.29) is 23.6 Å². The molecule has 6 heteroatoms. The molecule has 98 valence electrons. The van der Waals surface area contributed by atoms with Gasteiger partial charge in [0.05, 0.1) is 0 Å². The van der Waals surface area contributed by atoms with Gasteiger partial charge in [-0.25, -0.2) is 14.2 Å².